The predicted octanol–water partition coefficient (Wildman–Crippen LogP) is 6.27. The fourth-order valence-corrected chi connectivity index (χ4v) is 3.46. The zero-order valence-electron chi connectivity index (χ0n) is 20.3. The summed E-state index contributed by atoms with van der Waals surface area (Å²) in [6.07, 6.45) is 0. The van der Waals surface area contributed by atoms with Gasteiger partial charge in [0.1, 0.15) is 17.2 Å². The third kappa shape index (κ3) is 7.73. The van der Waals surface area contributed by atoms with Crippen molar-refractivity contribution in [1.82, 2.24) is 0 Å². The topological polar surface area (TPSA) is 108 Å². The second-order valence-electron chi connectivity index (χ2n) is 6.98. The number of carbonyl (C=O) groups excluding carboxylic acids is 2. The smallest absolute Gasteiger partial charge is 0.258 e. The van der Waals surface area contributed by atoms with Crippen LogP contribution in [0.1, 0.15) is 34.6 Å². The number of azo groups is 1. The fraction of sp³-hybridized carbons (Fsp3) is 0.417. The van der Waals surface area contributed by atoms with Gasteiger partial charge >= 0.3 is 0 Å². The van der Waals surface area contributed by atoms with Crippen LogP contribution in [0.3, 0.4) is 0 Å². The van der Waals surface area contributed by atoms with E-state index in [0.717, 1.165) is 0 Å². The van der Waals surface area contributed by atoms with Crippen LogP contribution in [0.15, 0.2) is 34.5 Å². The summed E-state index contributed by atoms with van der Waals surface area (Å²) in [7, 11) is 0. The Morgan fingerprint density at radius 3 is 2.09 bits per heavy atom. The minimum absolute atomic E-state index is 0.244. The number of carbonyl (C=O) groups is 2. The van der Waals surface area contributed by atoms with Crippen LogP contribution in [0.2, 0.25) is 10.0 Å². The number of Topliss-reactive ketones (excluding diaryl/α,β-unsaturated/α-hetero) is 1. The molecule has 0 bridgehead atoms. The highest BCUT2D eigenvalue weighted by Gasteiger charge is 2.25. The minimum Gasteiger partial charge on any atom is -0.494 e. The molecule has 0 aromatic heterocycles. The number of rotatable bonds is 13. The van der Waals surface area contributed by atoms with Gasteiger partial charge < -0.3 is 24.3 Å². The Labute approximate surface area is 214 Å². The summed E-state index contributed by atoms with van der Waals surface area (Å²) in [5.41, 5.74) is 0.490. The average Bonchev–Trinajstić information content (AvgIpc) is 2.79. The number of hydrogen-bond donors (Lipinski definition) is 1. The van der Waals surface area contributed by atoms with Crippen LogP contribution in [-0.2, 0) is 9.59 Å². The SMILES string of the molecule is CCOc1cc(Cl)c(OCC)c(NC(=O)C(N=Nc2cc(Cl)c(OCC)cc2OCC)C(C)=O)c1. The molecular weight excluding hydrogens is 497 g/mol. The molecule has 190 valence electrons. The molecule has 1 N–H and O–H groups in total. The van der Waals surface area contributed by atoms with Gasteiger partial charge in [-0.2, -0.15) is 10.2 Å². The molecule has 0 fully saturated rings. The van der Waals surface area contributed by atoms with Crippen molar-refractivity contribution in [2.45, 2.75) is 40.7 Å². The van der Waals surface area contributed by atoms with Crippen molar-refractivity contribution < 1.29 is 28.5 Å². The number of ether oxygens (including phenoxy) is 4. The van der Waals surface area contributed by atoms with Crippen LogP contribution in [0.25, 0.3) is 0 Å². The summed E-state index contributed by atoms with van der Waals surface area (Å²) in [6, 6.07) is 4.78. The van der Waals surface area contributed by atoms with E-state index < -0.39 is 17.7 Å². The Morgan fingerprint density at radius 1 is 0.857 bits per heavy atom. The number of ketones is 1. The van der Waals surface area contributed by atoms with Crippen molar-refractivity contribution in [1.29, 1.82) is 0 Å². The van der Waals surface area contributed by atoms with Gasteiger partial charge in [-0.05, 0) is 40.7 Å². The second kappa shape index (κ2) is 13.7. The molecular formula is C24H29Cl2N3O6. The lowest BCUT2D eigenvalue weighted by molar-refractivity contribution is -0.126. The van der Waals surface area contributed by atoms with Crippen molar-refractivity contribution in [3.63, 3.8) is 0 Å². The van der Waals surface area contributed by atoms with Gasteiger partial charge in [-0.3, -0.25) is 9.59 Å². The number of amides is 1. The Hall–Kier alpha value is -3.04. The molecule has 35 heavy (non-hydrogen) atoms. The number of nitrogens with zero attached hydrogens (tertiary/aromatic N) is 2. The standard InChI is InChI=1S/C24H29Cl2N3O6/c1-6-32-15-10-17(26)23(35-9-4)19(11-15)27-24(31)22(14(5)30)29-28-18-12-16(25)20(33-7-2)13-21(18)34-8-3/h10-13,22H,6-9H2,1-5H3,(H,27,31). The van der Waals surface area contributed by atoms with E-state index in [-0.39, 0.29) is 27.2 Å². The Balaban J connectivity index is 2.38. The van der Waals surface area contributed by atoms with Crippen molar-refractivity contribution in [2.24, 2.45) is 10.2 Å². The van der Waals surface area contributed by atoms with Crippen molar-refractivity contribution >= 4 is 46.3 Å². The van der Waals surface area contributed by atoms with Gasteiger partial charge in [0.25, 0.3) is 5.91 Å². The zero-order chi connectivity index (χ0) is 26.0. The lowest BCUT2D eigenvalue weighted by atomic mass is 10.2. The number of nitrogens with one attached hydrogen (secondary N) is 1. The van der Waals surface area contributed by atoms with Crippen molar-refractivity contribution in [3.8, 4) is 23.0 Å². The molecule has 2 aromatic rings. The van der Waals surface area contributed by atoms with E-state index in [0.29, 0.717) is 43.7 Å². The Kier molecular flexibility index (Phi) is 11.1. The number of halogens is 2. The molecule has 0 aliphatic carbocycles. The molecule has 1 unspecified atom stereocenters. The summed E-state index contributed by atoms with van der Waals surface area (Å²) in [4.78, 5) is 25.3. The summed E-state index contributed by atoms with van der Waals surface area (Å²) in [6.45, 7) is 9.94. The second-order valence-corrected chi connectivity index (χ2v) is 7.80. The third-order valence-corrected chi connectivity index (χ3v) is 4.98. The third-order valence-electron chi connectivity index (χ3n) is 4.40. The van der Waals surface area contributed by atoms with Crippen LogP contribution >= 0.6 is 23.2 Å². The molecule has 0 aliphatic rings. The van der Waals surface area contributed by atoms with Gasteiger partial charge in [0.2, 0.25) is 6.04 Å². The van der Waals surface area contributed by atoms with E-state index >= 15 is 0 Å². The minimum atomic E-state index is -1.45. The summed E-state index contributed by atoms with van der Waals surface area (Å²) >= 11 is 12.6. The molecule has 2 aromatic carbocycles. The predicted molar refractivity (Wildman–Crippen MR) is 135 cm³/mol. The molecule has 0 saturated carbocycles. The van der Waals surface area contributed by atoms with E-state index in [2.05, 4.69) is 15.5 Å². The first-order valence-electron chi connectivity index (χ1n) is 11.2. The highest BCUT2D eigenvalue weighted by Crippen LogP contribution is 2.39. The largest absolute Gasteiger partial charge is 0.494 e. The summed E-state index contributed by atoms with van der Waals surface area (Å²) in [5, 5.41) is 11.3. The van der Waals surface area contributed by atoms with Crippen LogP contribution < -0.4 is 24.3 Å². The van der Waals surface area contributed by atoms with E-state index in [9.17, 15) is 9.59 Å². The van der Waals surface area contributed by atoms with Gasteiger partial charge in [-0.1, -0.05) is 23.2 Å². The average molecular weight is 526 g/mol. The van der Waals surface area contributed by atoms with Crippen molar-refractivity contribution in [2.75, 3.05) is 31.7 Å². The molecule has 2 rings (SSSR count). The maximum Gasteiger partial charge on any atom is 0.258 e. The molecule has 0 spiro atoms. The first-order chi connectivity index (χ1) is 16.7. The van der Waals surface area contributed by atoms with E-state index in [4.69, 9.17) is 42.1 Å². The lowest BCUT2D eigenvalue weighted by Crippen LogP contribution is -2.32. The van der Waals surface area contributed by atoms with Gasteiger partial charge in [0.15, 0.2) is 17.3 Å². The van der Waals surface area contributed by atoms with Gasteiger partial charge in [-0.15, -0.1) is 0 Å². The highest BCUT2D eigenvalue weighted by atomic mass is 35.5. The summed E-state index contributed by atoms with van der Waals surface area (Å²) in [5.74, 6) is 0.214. The van der Waals surface area contributed by atoms with Crippen LogP contribution in [0.4, 0.5) is 11.4 Å². The molecule has 0 aliphatic heterocycles. The first-order valence-corrected chi connectivity index (χ1v) is 11.9. The molecule has 0 saturated heterocycles. The molecule has 9 nitrogen and oxygen atoms in total. The normalized spacial score (nSPS) is 11.7. The van der Waals surface area contributed by atoms with Crippen LogP contribution in [0.5, 0.6) is 23.0 Å². The zero-order valence-corrected chi connectivity index (χ0v) is 21.8. The fourth-order valence-electron chi connectivity index (χ4n) is 2.98. The molecule has 0 radical (unpaired) electrons. The van der Waals surface area contributed by atoms with Gasteiger partial charge in [-0.25, -0.2) is 0 Å². The maximum absolute atomic E-state index is 13.0. The maximum atomic E-state index is 13.0. The number of benzene rings is 2. The van der Waals surface area contributed by atoms with Crippen LogP contribution in [-0.4, -0.2) is 44.2 Å². The molecule has 1 amide bonds. The van der Waals surface area contributed by atoms with Crippen LogP contribution in [0, 0.1) is 0 Å². The van der Waals surface area contributed by atoms with Gasteiger partial charge in [0, 0.05) is 18.2 Å². The highest BCUT2D eigenvalue weighted by molar-refractivity contribution is 6.33. The Morgan fingerprint density at radius 2 is 1.49 bits per heavy atom. The molecule has 0 heterocycles. The molecule has 1 atom stereocenters. The van der Waals surface area contributed by atoms with E-state index in [1.807, 2.05) is 13.8 Å². The number of hydrogen-bond acceptors (Lipinski definition) is 8. The van der Waals surface area contributed by atoms with E-state index in [1.54, 1.807) is 32.0 Å². The molecule has 11 heteroatoms. The lowest BCUT2D eigenvalue weighted by Gasteiger charge is -2.16. The quantitative estimate of drug-likeness (QED) is 0.244. The Bertz CT molecular complexity index is 1080. The first kappa shape index (κ1) is 28.2. The van der Waals surface area contributed by atoms with Gasteiger partial charge in [0.05, 0.1) is 42.2 Å². The number of anilines is 1. The van der Waals surface area contributed by atoms with Crippen molar-refractivity contribution in [3.05, 3.63) is 34.3 Å². The van der Waals surface area contributed by atoms with E-state index in [1.165, 1.54) is 13.0 Å². The monoisotopic (exact) mass is 525 g/mol. The summed E-state index contributed by atoms with van der Waals surface area (Å²) < 4.78 is 22.1.